The Morgan fingerprint density at radius 1 is 1.15 bits per heavy atom. The second-order valence-electron chi connectivity index (χ2n) is 5.60. The lowest BCUT2D eigenvalue weighted by Crippen LogP contribution is -2.46. The molecule has 0 fully saturated rings. The number of hydrogen-bond acceptors (Lipinski definition) is 3. The minimum absolute atomic E-state index is 0.0861. The number of para-hydroxylation sites is 1. The van der Waals surface area contributed by atoms with Crippen molar-refractivity contribution in [2.24, 2.45) is 0 Å². The first-order valence-electron chi connectivity index (χ1n) is 7.91. The van der Waals surface area contributed by atoms with Crippen molar-refractivity contribution in [3.05, 3.63) is 29.8 Å². The van der Waals surface area contributed by atoms with Crippen LogP contribution < -0.4 is 4.74 Å². The van der Waals surface area contributed by atoms with Gasteiger partial charge in [-0.25, -0.2) is 0 Å². The Hall–Kier alpha value is -1.06. The summed E-state index contributed by atoms with van der Waals surface area (Å²) in [7, 11) is 0. The number of ether oxygens (including phenoxy) is 1. The van der Waals surface area contributed by atoms with E-state index in [9.17, 15) is 5.11 Å². The highest BCUT2D eigenvalue weighted by Crippen LogP contribution is 2.34. The molecule has 1 heterocycles. The fourth-order valence-corrected chi connectivity index (χ4v) is 2.80. The molecule has 2 unspecified atom stereocenters. The fraction of sp³-hybridized carbons (Fsp3) is 0.647. The lowest BCUT2D eigenvalue weighted by molar-refractivity contribution is 0.00214. The van der Waals surface area contributed by atoms with Crippen molar-refractivity contribution in [2.45, 2.75) is 51.7 Å². The van der Waals surface area contributed by atoms with Gasteiger partial charge in [-0.3, -0.25) is 4.90 Å². The summed E-state index contributed by atoms with van der Waals surface area (Å²) < 4.78 is 5.85. The van der Waals surface area contributed by atoms with E-state index in [1.54, 1.807) is 0 Å². The third kappa shape index (κ3) is 3.53. The number of aliphatic hydroxyl groups is 1. The van der Waals surface area contributed by atoms with Gasteiger partial charge in [0.05, 0.1) is 6.04 Å². The minimum Gasteiger partial charge on any atom is -0.491 e. The zero-order valence-corrected chi connectivity index (χ0v) is 12.7. The second kappa shape index (κ2) is 7.65. The van der Waals surface area contributed by atoms with E-state index in [0.29, 0.717) is 6.61 Å². The Bertz CT molecular complexity index is 400. The maximum atomic E-state index is 10.7. The average Bonchev–Trinajstić information content (AvgIpc) is 2.49. The van der Waals surface area contributed by atoms with Crippen molar-refractivity contribution in [1.82, 2.24) is 4.90 Å². The third-order valence-electron chi connectivity index (χ3n) is 4.08. The van der Waals surface area contributed by atoms with E-state index in [2.05, 4.69) is 18.7 Å². The number of unbranched alkanes of at least 4 members (excludes halogenated alkanes) is 2. The summed E-state index contributed by atoms with van der Waals surface area (Å²) in [6.07, 6.45) is 4.28. The Morgan fingerprint density at radius 3 is 2.45 bits per heavy atom. The van der Waals surface area contributed by atoms with Gasteiger partial charge in [-0.15, -0.1) is 0 Å². The van der Waals surface area contributed by atoms with E-state index in [1.807, 2.05) is 24.3 Å². The molecule has 2 rings (SSSR count). The molecule has 1 aromatic carbocycles. The molecule has 0 saturated carbocycles. The molecule has 1 N–H and O–H groups in total. The van der Waals surface area contributed by atoms with Crippen molar-refractivity contribution in [1.29, 1.82) is 0 Å². The Labute approximate surface area is 122 Å². The molecule has 0 aromatic heterocycles. The third-order valence-corrected chi connectivity index (χ3v) is 4.08. The zero-order valence-electron chi connectivity index (χ0n) is 12.7. The highest BCUT2D eigenvalue weighted by atomic mass is 16.5. The van der Waals surface area contributed by atoms with Crippen molar-refractivity contribution < 1.29 is 9.84 Å². The predicted molar refractivity (Wildman–Crippen MR) is 82.1 cm³/mol. The van der Waals surface area contributed by atoms with Gasteiger partial charge in [0, 0.05) is 5.56 Å². The van der Waals surface area contributed by atoms with E-state index in [1.165, 1.54) is 25.7 Å². The lowest BCUT2D eigenvalue weighted by atomic mass is 9.97. The zero-order chi connectivity index (χ0) is 14.4. The van der Waals surface area contributed by atoms with Crippen LogP contribution in [0, 0.1) is 0 Å². The maximum absolute atomic E-state index is 10.7. The monoisotopic (exact) mass is 277 g/mol. The molecule has 0 bridgehead atoms. The molecule has 20 heavy (non-hydrogen) atoms. The van der Waals surface area contributed by atoms with E-state index in [4.69, 9.17) is 4.74 Å². The van der Waals surface area contributed by atoms with Crippen LogP contribution in [0.3, 0.4) is 0 Å². The standard InChI is InChI=1S/C17H27NO2/c1-3-5-11-18(12-6-4-2)15-13-20-16-10-8-7-9-14(16)17(15)19/h7-10,15,17,19H,3-6,11-13H2,1-2H3. The molecular formula is C17H27NO2. The van der Waals surface area contributed by atoms with Crippen LogP contribution in [0.1, 0.15) is 51.2 Å². The topological polar surface area (TPSA) is 32.7 Å². The molecule has 0 aliphatic carbocycles. The first-order valence-corrected chi connectivity index (χ1v) is 7.91. The molecule has 1 aromatic rings. The quantitative estimate of drug-likeness (QED) is 0.829. The van der Waals surface area contributed by atoms with Crippen LogP contribution in [0.4, 0.5) is 0 Å². The molecule has 0 saturated heterocycles. The number of benzene rings is 1. The van der Waals surface area contributed by atoms with Crippen LogP contribution in [0.5, 0.6) is 5.75 Å². The van der Waals surface area contributed by atoms with Crippen LogP contribution >= 0.6 is 0 Å². The highest BCUT2D eigenvalue weighted by molar-refractivity contribution is 5.37. The van der Waals surface area contributed by atoms with Crippen molar-refractivity contribution in [3.63, 3.8) is 0 Å². The first kappa shape index (κ1) is 15.3. The predicted octanol–water partition coefficient (Wildman–Crippen LogP) is 3.38. The van der Waals surface area contributed by atoms with E-state index < -0.39 is 6.10 Å². The Morgan fingerprint density at radius 2 is 1.80 bits per heavy atom. The average molecular weight is 277 g/mol. The van der Waals surface area contributed by atoms with Crippen LogP contribution in [-0.4, -0.2) is 35.7 Å². The Balaban J connectivity index is 2.09. The molecule has 0 spiro atoms. The van der Waals surface area contributed by atoms with Gasteiger partial charge in [-0.05, 0) is 32.0 Å². The number of aliphatic hydroxyl groups excluding tert-OH is 1. The maximum Gasteiger partial charge on any atom is 0.125 e. The smallest absolute Gasteiger partial charge is 0.125 e. The van der Waals surface area contributed by atoms with Gasteiger partial charge < -0.3 is 9.84 Å². The summed E-state index contributed by atoms with van der Waals surface area (Å²) in [6.45, 7) is 7.10. The number of rotatable bonds is 7. The molecular weight excluding hydrogens is 250 g/mol. The van der Waals surface area contributed by atoms with Gasteiger partial charge in [0.1, 0.15) is 18.5 Å². The normalized spacial score (nSPS) is 21.6. The number of nitrogens with zero attached hydrogens (tertiary/aromatic N) is 1. The van der Waals surface area contributed by atoms with Crippen LogP contribution in [-0.2, 0) is 0 Å². The highest BCUT2D eigenvalue weighted by Gasteiger charge is 2.32. The number of fused-ring (bicyclic) bond motifs is 1. The van der Waals surface area contributed by atoms with Crippen LogP contribution in [0.25, 0.3) is 0 Å². The van der Waals surface area contributed by atoms with E-state index in [-0.39, 0.29) is 6.04 Å². The molecule has 2 atom stereocenters. The van der Waals surface area contributed by atoms with E-state index >= 15 is 0 Å². The van der Waals surface area contributed by atoms with Gasteiger partial charge in [0.2, 0.25) is 0 Å². The molecule has 3 heteroatoms. The molecule has 112 valence electrons. The Kier molecular flexibility index (Phi) is 5.86. The molecule has 1 aliphatic heterocycles. The van der Waals surface area contributed by atoms with Gasteiger partial charge in [0.15, 0.2) is 0 Å². The second-order valence-corrected chi connectivity index (χ2v) is 5.60. The van der Waals surface area contributed by atoms with Crippen LogP contribution in [0.15, 0.2) is 24.3 Å². The van der Waals surface area contributed by atoms with Crippen LogP contribution in [0.2, 0.25) is 0 Å². The summed E-state index contributed by atoms with van der Waals surface area (Å²) in [4.78, 5) is 2.41. The molecule has 1 aliphatic rings. The summed E-state index contributed by atoms with van der Waals surface area (Å²) >= 11 is 0. The van der Waals surface area contributed by atoms with Gasteiger partial charge in [-0.2, -0.15) is 0 Å². The minimum atomic E-state index is -0.436. The summed E-state index contributed by atoms with van der Waals surface area (Å²) in [5.41, 5.74) is 0.932. The summed E-state index contributed by atoms with van der Waals surface area (Å²) in [6, 6.07) is 7.93. The number of hydrogen-bond donors (Lipinski definition) is 1. The van der Waals surface area contributed by atoms with Gasteiger partial charge >= 0.3 is 0 Å². The van der Waals surface area contributed by atoms with Crippen molar-refractivity contribution in [2.75, 3.05) is 19.7 Å². The SMILES string of the molecule is CCCCN(CCCC)C1COc2ccccc2C1O. The van der Waals surface area contributed by atoms with Crippen molar-refractivity contribution in [3.8, 4) is 5.75 Å². The fourth-order valence-electron chi connectivity index (χ4n) is 2.80. The largest absolute Gasteiger partial charge is 0.491 e. The molecule has 3 nitrogen and oxygen atoms in total. The molecule has 0 radical (unpaired) electrons. The first-order chi connectivity index (χ1) is 9.77. The van der Waals surface area contributed by atoms with Gasteiger partial charge in [0.25, 0.3) is 0 Å². The summed E-state index contributed by atoms with van der Waals surface area (Å²) in [5.74, 6) is 0.835. The molecule has 0 amide bonds. The lowest BCUT2D eigenvalue weighted by Gasteiger charge is -2.38. The van der Waals surface area contributed by atoms with Crippen molar-refractivity contribution >= 4 is 0 Å². The van der Waals surface area contributed by atoms with Gasteiger partial charge in [-0.1, -0.05) is 44.9 Å². The summed E-state index contributed by atoms with van der Waals surface area (Å²) in [5, 5.41) is 10.7. The van der Waals surface area contributed by atoms with E-state index in [0.717, 1.165) is 24.4 Å².